The number of nitrogens with zero attached hydrogens (tertiary/aromatic N) is 2. The molecular formula is C26H27F2N5O2. The van der Waals surface area contributed by atoms with Crippen LogP contribution in [0.1, 0.15) is 48.2 Å². The minimum Gasteiger partial charge on any atom is -0.351 e. The van der Waals surface area contributed by atoms with E-state index in [9.17, 15) is 18.4 Å². The van der Waals surface area contributed by atoms with Crippen molar-refractivity contribution in [3.8, 4) is 0 Å². The Balaban J connectivity index is 1.52. The van der Waals surface area contributed by atoms with E-state index in [0.29, 0.717) is 23.7 Å². The standard InChI is InChI=1S/C26H27F2N5O2/c1-16-11-22(21(28)15-30-16)32-23-13-18(8-9-20(23)27)25(34)33-24(12-17-5-2-3-6-17)26(35)31-19-7-4-10-29-14-19/h4,7-11,13-15,17,24H,2-3,5-6,12H2,1H3,(H,30,32)(H,31,35)(H,33,34)/t24-/m0/s1. The van der Waals surface area contributed by atoms with Crippen LogP contribution in [0.2, 0.25) is 0 Å². The van der Waals surface area contributed by atoms with Crippen molar-refractivity contribution in [3.05, 3.63) is 77.9 Å². The fraction of sp³-hybridized carbons (Fsp3) is 0.308. The summed E-state index contributed by atoms with van der Waals surface area (Å²) in [5.74, 6) is -1.82. The van der Waals surface area contributed by atoms with Gasteiger partial charge in [-0.1, -0.05) is 25.7 Å². The van der Waals surface area contributed by atoms with Gasteiger partial charge in [-0.3, -0.25) is 19.6 Å². The molecule has 1 aliphatic carbocycles. The van der Waals surface area contributed by atoms with Crippen LogP contribution in [0.3, 0.4) is 0 Å². The zero-order valence-electron chi connectivity index (χ0n) is 19.4. The highest BCUT2D eigenvalue weighted by Gasteiger charge is 2.27. The van der Waals surface area contributed by atoms with Gasteiger partial charge in [0.15, 0.2) is 5.82 Å². The number of rotatable bonds is 8. The number of aromatic nitrogens is 2. The summed E-state index contributed by atoms with van der Waals surface area (Å²) < 4.78 is 28.6. The van der Waals surface area contributed by atoms with Crippen molar-refractivity contribution in [3.63, 3.8) is 0 Å². The van der Waals surface area contributed by atoms with Gasteiger partial charge in [-0.25, -0.2) is 8.78 Å². The quantitative estimate of drug-likeness (QED) is 0.417. The Hall–Kier alpha value is -3.88. The molecule has 0 radical (unpaired) electrons. The van der Waals surface area contributed by atoms with Gasteiger partial charge in [-0.05, 0) is 55.7 Å². The minimum atomic E-state index is -0.771. The van der Waals surface area contributed by atoms with Crippen molar-refractivity contribution in [2.24, 2.45) is 5.92 Å². The van der Waals surface area contributed by atoms with Crippen molar-refractivity contribution in [1.29, 1.82) is 0 Å². The Kier molecular flexibility index (Phi) is 7.64. The van der Waals surface area contributed by atoms with E-state index >= 15 is 0 Å². The number of halogens is 2. The minimum absolute atomic E-state index is 0.0453. The third-order valence-corrected chi connectivity index (χ3v) is 6.08. The molecule has 2 heterocycles. The number of hydrogen-bond acceptors (Lipinski definition) is 5. The summed E-state index contributed by atoms with van der Waals surface area (Å²) in [6.45, 7) is 1.69. The second kappa shape index (κ2) is 11.0. The molecule has 3 aromatic rings. The van der Waals surface area contributed by atoms with E-state index in [1.54, 1.807) is 25.3 Å². The van der Waals surface area contributed by atoms with Crippen LogP contribution >= 0.6 is 0 Å². The first kappa shape index (κ1) is 24.3. The van der Waals surface area contributed by atoms with Crippen LogP contribution < -0.4 is 16.0 Å². The lowest BCUT2D eigenvalue weighted by Crippen LogP contribution is -2.44. The zero-order chi connectivity index (χ0) is 24.8. The molecule has 0 saturated heterocycles. The average Bonchev–Trinajstić information content (AvgIpc) is 3.36. The van der Waals surface area contributed by atoms with Gasteiger partial charge in [0.05, 0.1) is 29.5 Å². The molecule has 0 spiro atoms. The Bertz CT molecular complexity index is 1200. The molecule has 9 heteroatoms. The third kappa shape index (κ3) is 6.38. The molecule has 2 amide bonds. The lowest BCUT2D eigenvalue weighted by molar-refractivity contribution is -0.118. The number of carbonyl (C=O) groups excluding carboxylic acids is 2. The Morgan fingerprint density at radius 2 is 1.83 bits per heavy atom. The molecule has 4 rings (SSSR count). The van der Waals surface area contributed by atoms with E-state index in [1.165, 1.54) is 24.4 Å². The lowest BCUT2D eigenvalue weighted by Gasteiger charge is -2.22. The summed E-state index contributed by atoms with van der Waals surface area (Å²) in [6.07, 6.45) is 8.91. The molecule has 1 aromatic carbocycles. The molecule has 7 nitrogen and oxygen atoms in total. The monoisotopic (exact) mass is 479 g/mol. The molecule has 3 N–H and O–H groups in total. The number of carbonyl (C=O) groups is 2. The molecule has 2 aromatic heterocycles. The fourth-order valence-electron chi connectivity index (χ4n) is 4.26. The van der Waals surface area contributed by atoms with Crippen LogP contribution in [0, 0.1) is 24.5 Å². The van der Waals surface area contributed by atoms with Crippen LogP contribution in [0.25, 0.3) is 0 Å². The second-order valence-electron chi connectivity index (χ2n) is 8.77. The summed E-state index contributed by atoms with van der Waals surface area (Å²) in [4.78, 5) is 34.0. The van der Waals surface area contributed by atoms with E-state index in [4.69, 9.17) is 0 Å². The highest BCUT2D eigenvalue weighted by Crippen LogP contribution is 2.29. The molecule has 0 aliphatic heterocycles. The SMILES string of the molecule is Cc1cc(Nc2cc(C(=O)N[C@@H](CC3CCCC3)C(=O)Nc3cccnc3)ccc2F)c(F)cn1. The number of anilines is 3. The fourth-order valence-corrected chi connectivity index (χ4v) is 4.26. The Labute approximate surface area is 202 Å². The highest BCUT2D eigenvalue weighted by atomic mass is 19.1. The van der Waals surface area contributed by atoms with Crippen molar-refractivity contribution in [2.45, 2.75) is 45.1 Å². The first-order valence-corrected chi connectivity index (χ1v) is 11.6. The van der Waals surface area contributed by atoms with E-state index in [2.05, 4.69) is 25.9 Å². The van der Waals surface area contributed by atoms with E-state index in [-0.39, 0.29) is 22.8 Å². The molecule has 0 unspecified atom stereocenters. The summed E-state index contributed by atoms with van der Waals surface area (Å²) in [5.41, 5.74) is 1.22. The predicted molar refractivity (Wildman–Crippen MR) is 129 cm³/mol. The van der Waals surface area contributed by atoms with Crippen LogP contribution in [-0.4, -0.2) is 27.8 Å². The third-order valence-electron chi connectivity index (χ3n) is 6.08. The lowest BCUT2D eigenvalue weighted by atomic mass is 9.97. The average molecular weight is 480 g/mol. The molecule has 1 saturated carbocycles. The van der Waals surface area contributed by atoms with Crippen molar-refractivity contribution in [2.75, 3.05) is 10.6 Å². The summed E-state index contributed by atoms with van der Waals surface area (Å²) >= 11 is 0. The van der Waals surface area contributed by atoms with Crippen LogP contribution in [0.15, 0.2) is 55.0 Å². The van der Waals surface area contributed by atoms with Gasteiger partial charge >= 0.3 is 0 Å². The maximum atomic E-state index is 14.5. The summed E-state index contributed by atoms with van der Waals surface area (Å²) in [6, 6.07) is 7.86. The maximum absolute atomic E-state index is 14.5. The van der Waals surface area contributed by atoms with Crippen LogP contribution in [-0.2, 0) is 4.79 Å². The van der Waals surface area contributed by atoms with Gasteiger partial charge < -0.3 is 16.0 Å². The molecule has 1 atom stereocenters. The number of aryl methyl sites for hydroxylation is 1. The Morgan fingerprint density at radius 3 is 2.57 bits per heavy atom. The van der Waals surface area contributed by atoms with Crippen molar-refractivity contribution < 1.29 is 18.4 Å². The predicted octanol–water partition coefficient (Wildman–Crippen LogP) is 5.12. The molecule has 0 bridgehead atoms. The molecule has 35 heavy (non-hydrogen) atoms. The summed E-state index contributed by atoms with van der Waals surface area (Å²) in [5, 5.41) is 8.29. The number of hydrogen-bond donors (Lipinski definition) is 3. The largest absolute Gasteiger partial charge is 0.351 e. The topological polar surface area (TPSA) is 96.0 Å². The molecule has 1 aliphatic rings. The van der Waals surface area contributed by atoms with Crippen LogP contribution in [0.5, 0.6) is 0 Å². The molecule has 1 fully saturated rings. The van der Waals surface area contributed by atoms with Gasteiger partial charge in [-0.2, -0.15) is 0 Å². The van der Waals surface area contributed by atoms with E-state index in [0.717, 1.165) is 37.9 Å². The molecular weight excluding hydrogens is 452 g/mol. The van der Waals surface area contributed by atoms with Gasteiger partial charge in [0.1, 0.15) is 11.9 Å². The van der Waals surface area contributed by atoms with Crippen molar-refractivity contribution in [1.82, 2.24) is 15.3 Å². The number of pyridine rings is 2. The van der Waals surface area contributed by atoms with Gasteiger partial charge in [0.25, 0.3) is 5.91 Å². The van der Waals surface area contributed by atoms with Gasteiger partial charge in [0.2, 0.25) is 5.91 Å². The smallest absolute Gasteiger partial charge is 0.252 e. The first-order valence-electron chi connectivity index (χ1n) is 11.6. The maximum Gasteiger partial charge on any atom is 0.252 e. The van der Waals surface area contributed by atoms with E-state index in [1.807, 2.05) is 0 Å². The number of nitrogens with one attached hydrogen (secondary N) is 3. The second-order valence-corrected chi connectivity index (χ2v) is 8.77. The van der Waals surface area contributed by atoms with Crippen molar-refractivity contribution >= 4 is 28.9 Å². The Morgan fingerprint density at radius 1 is 1.06 bits per heavy atom. The zero-order valence-corrected chi connectivity index (χ0v) is 19.4. The number of benzene rings is 1. The van der Waals surface area contributed by atoms with Crippen LogP contribution in [0.4, 0.5) is 25.8 Å². The summed E-state index contributed by atoms with van der Waals surface area (Å²) in [7, 11) is 0. The number of amides is 2. The first-order chi connectivity index (χ1) is 16.9. The molecule has 182 valence electrons. The van der Waals surface area contributed by atoms with Gasteiger partial charge in [-0.15, -0.1) is 0 Å². The van der Waals surface area contributed by atoms with Gasteiger partial charge in [0, 0.05) is 17.5 Å². The highest BCUT2D eigenvalue weighted by molar-refractivity contribution is 6.01. The normalized spacial score (nSPS) is 14.4. The van der Waals surface area contributed by atoms with E-state index < -0.39 is 23.6 Å².